The molecule has 0 aromatic carbocycles. The molecule has 0 aromatic heterocycles. The molecule has 1 amide bonds. The van der Waals surface area contributed by atoms with Crippen LogP contribution in [-0.2, 0) is 4.79 Å². The van der Waals surface area contributed by atoms with Crippen LogP contribution in [0.5, 0.6) is 0 Å². The second-order valence-electron chi connectivity index (χ2n) is 3.84. The molecular weight excluding hydrogens is 166 g/mol. The van der Waals surface area contributed by atoms with E-state index in [4.69, 9.17) is 0 Å². The van der Waals surface area contributed by atoms with Gasteiger partial charge in [-0.2, -0.15) is 0 Å². The number of rotatable bonds is 2. The van der Waals surface area contributed by atoms with Crippen LogP contribution in [0.25, 0.3) is 0 Å². The number of nitrogens with zero attached hydrogens (tertiary/aromatic N) is 2. The summed E-state index contributed by atoms with van der Waals surface area (Å²) >= 11 is 0. The molecule has 0 spiro atoms. The van der Waals surface area contributed by atoms with Gasteiger partial charge in [0.1, 0.15) is 0 Å². The highest BCUT2D eigenvalue weighted by Gasteiger charge is 2.30. The lowest BCUT2D eigenvalue weighted by Crippen LogP contribution is -2.56. The van der Waals surface area contributed by atoms with Crippen molar-refractivity contribution in [2.24, 2.45) is 0 Å². The van der Waals surface area contributed by atoms with Crippen LogP contribution in [-0.4, -0.2) is 49.6 Å². The second kappa shape index (κ2) is 4.07. The van der Waals surface area contributed by atoms with E-state index in [1.165, 1.54) is 0 Å². The molecule has 1 N–H and O–H groups in total. The quantitative estimate of drug-likeness (QED) is 0.625. The minimum Gasteiger partial charge on any atom is -0.338 e. The average molecular weight is 184 g/mol. The lowest BCUT2D eigenvalue weighted by atomic mass is 10.0. The normalized spacial score (nSPS) is 18.8. The minimum atomic E-state index is -0.447. The summed E-state index contributed by atoms with van der Waals surface area (Å²) in [5.74, 6) is 0.171. The maximum absolute atomic E-state index is 11.9. The molecule has 1 saturated heterocycles. The van der Waals surface area contributed by atoms with E-state index in [9.17, 15) is 4.79 Å². The summed E-state index contributed by atoms with van der Waals surface area (Å²) in [5, 5.41) is 7.22. The first-order valence-electron chi connectivity index (χ1n) is 4.69. The van der Waals surface area contributed by atoms with Gasteiger partial charge in [0.2, 0.25) is 5.91 Å². The number of hydrogen-bond donors (Lipinski definition) is 1. The van der Waals surface area contributed by atoms with Crippen molar-refractivity contribution >= 4 is 5.91 Å². The predicted octanol–water partition coefficient (Wildman–Crippen LogP) is -0.569. The molecule has 0 atom stereocenters. The molecular formula is C9H18N3O. The van der Waals surface area contributed by atoms with Crippen LogP contribution in [0.2, 0.25) is 0 Å². The van der Waals surface area contributed by atoms with Gasteiger partial charge in [-0.1, -0.05) is 0 Å². The van der Waals surface area contributed by atoms with Crippen LogP contribution in [0.4, 0.5) is 0 Å². The zero-order chi connectivity index (χ0) is 9.90. The fourth-order valence-electron chi connectivity index (χ4n) is 1.31. The summed E-state index contributed by atoms with van der Waals surface area (Å²) in [5.41, 5.74) is -0.447. The summed E-state index contributed by atoms with van der Waals surface area (Å²) in [6.07, 6.45) is 0. The van der Waals surface area contributed by atoms with E-state index in [1.807, 2.05) is 25.8 Å². The zero-order valence-electron chi connectivity index (χ0n) is 8.63. The monoisotopic (exact) mass is 184 g/mol. The minimum absolute atomic E-state index is 0.171. The van der Waals surface area contributed by atoms with Gasteiger partial charge < -0.3 is 10.2 Å². The van der Waals surface area contributed by atoms with Gasteiger partial charge in [0.15, 0.2) is 0 Å². The molecule has 0 bridgehead atoms. The Hall–Kier alpha value is -0.610. The highest BCUT2D eigenvalue weighted by molar-refractivity contribution is 5.85. The van der Waals surface area contributed by atoms with Crippen LogP contribution in [0.15, 0.2) is 0 Å². The van der Waals surface area contributed by atoms with E-state index in [0.29, 0.717) is 0 Å². The summed E-state index contributed by atoms with van der Waals surface area (Å²) in [6, 6.07) is 0. The van der Waals surface area contributed by atoms with Crippen molar-refractivity contribution in [2.75, 3.05) is 33.2 Å². The second-order valence-corrected chi connectivity index (χ2v) is 3.84. The van der Waals surface area contributed by atoms with Crippen LogP contribution in [0.3, 0.4) is 0 Å². The van der Waals surface area contributed by atoms with Crippen molar-refractivity contribution in [1.29, 1.82) is 0 Å². The Morgan fingerprint density at radius 1 is 1.38 bits per heavy atom. The van der Waals surface area contributed by atoms with Gasteiger partial charge in [0, 0.05) is 26.2 Å². The SMILES string of the molecule is CNC(C)(C)C(=O)N1CC[N]CC1. The largest absolute Gasteiger partial charge is 0.338 e. The molecule has 0 aromatic rings. The Morgan fingerprint density at radius 2 is 1.92 bits per heavy atom. The third-order valence-corrected chi connectivity index (χ3v) is 2.50. The number of carbonyl (C=O) groups excluding carboxylic acids is 1. The topological polar surface area (TPSA) is 46.4 Å². The van der Waals surface area contributed by atoms with E-state index in [2.05, 4.69) is 10.6 Å². The van der Waals surface area contributed by atoms with Crippen molar-refractivity contribution in [3.05, 3.63) is 0 Å². The number of hydrogen-bond acceptors (Lipinski definition) is 2. The van der Waals surface area contributed by atoms with Crippen LogP contribution in [0, 0.1) is 0 Å². The molecule has 1 aliphatic rings. The van der Waals surface area contributed by atoms with E-state index in [1.54, 1.807) is 0 Å². The molecule has 4 nitrogen and oxygen atoms in total. The van der Waals surface area contributed by atoms with Crippen molar-refractivity contribution in [3.63, 3.8) is 0 Å². The van der Waals surface area contributed by atoms with Gasteiger partial charge in [-0.3, -0.25) is 4.79 Å². The number of amides is 1. The first-order chi connectivity index (χ1) is 6.08. The summed E-state index contributed by atoms with van der Waals surface area (Å²) in [4.78, 5) is 13.8. The molecule has 0 unspecified atom stereocenters. The van der Waals surface area contributed by atoms with E-state index in [0.717, 1.165) is 26.2 Å². The fourth-order valence-corrected chi connectivity index (χ4v) is 1.31. The number of nitrogens with one attached hydrogen (secondary N) is 1. The van der Waals surface area contributed by atoms with E-state index >= 15 is 0 Å². The van der Waals surface area contributed by atoms with Crippen molar-refractivity contribution in [2.45, 2.75) is 19.4 Å². The van der Waals surface area contributed by atoms with Gasteiger partial charge >= 0.3 is 0 Å². The van der Waals surface area contributed by atoms with Crippen molar-refractivity contribution in [1.82, 2.24) is 15.5 Å². The van der Waals surface area contributed by atoms with Crippen LogP contribution in [0.1, 0.15) is 13.8 Å². The lowest BCUT2D eigenvalue weighted by molar-refractivity contribution is -0.137. The third kappa shape index (κ3) is 2.42. The zero-order valence-corrected chi connectivity index (χ0v) is 8.63. The lowest BCUT2D eigenvalue weighted by Gasteiger charge is -2.33. The smallest absolute Gasteiger partial charge is 0.242 e. The number of piperazine rings is 1. The van der Waals surface area contributed by atoms with E-state index < -0.39 is 5.54 Å². The Morgan fingerprint density at radius 3 is 2.38 bits per heavy atom. The Kier molecular flexibility index (Phi) is 3.27. The van der Waals surface area contributed by atoms with Gasteiger partial charge in [0.25, 0.3) is 0 Å². The summed E-state index contributed by atoms with van der Waals surface area (Å²) in [7, 11) is 1.81. The molecule has 0 aliphatic carbocycles. The molecule has 0 saturated carbocycles. The number of carbonyl (C=O) groups is 1. The summed E-state index contributed by atoms with van der Waals surface area (Å²) < 4.78 is 0. The molecule has 13 heavy (non-hydrogen) atoms. The van der Waals surface area contributed by atoms with Crippen molar-refractivity contribution in [3.8, 4) is 0 Å². The van der Waals surface area contributed by atoms with E-state index in [-0.39, 0.29) is 5.91 Å². The standard InChI is InChI=1S/C9H18N3O/c1-9(2,10-3)8(13)12-6-4-11-5-7-12/h10H,4-7H2,1-3H3. The molecule has 75 valence electrons. The molecule has 1 heterocycles. The Bertz CT molecular complexity index is 185. The Balaban J connectivity index is 2.55. The fraction of sp³-hybridized carbons (Fsp3) is 0.889. The first kappa shape index (κ1) is 10.5. The molecule has 1 radical (unpaired) electrons. The maximum atomic E-state index is 11.9. The number of likely N-dealkylation sites (N-methyl/N-ethyl adjacent to an activating group) is 1. The van der Waals surface area contributed by atoms with Crippen LogP contribution >= 0.6 is 0 Å². The predicted molar refractivity (Wildman–Crippen MR) is 51.6 cm³/mol. The Labute approximate surface area is 79.7 Å². The molecule has 1 rings (SSSR count). The maximum Gasteiger partial charge on any atom is 0.242 e. The van der Waals surface area contributed by atoms with Gasteiger partial charge in [-0.15, -0.1) is 0 Å². The first-order valence-corrected chi connectivity index (χ1v) is 4.69. The van der Waals surface area contributed by atoms with Gasteiger partial charge in [-0.25, -0.2) is 5.32 Å². The van der Waals surface area contributed by atoms with Gasteiger partial charge in [0.05, 0.1) is 5.54 Å². The highest BCUT2D eigenvalue weighted by atomic mass is 16.2. The molecule has 1 fully saturated rings. The molecule has 4 heteroatoms. The highest BCUT2D eigenvalue weighted by Crippen LogP contribution is 2.08. The van der Waals surface area contributed by atoms with Crippen molar-refractivity contribution < 1.29 is 4.79 Å². The van der Waals surface area contributed by atoms with Gasteiger partial charge in [-0.05, 0) is 20.9 Å². The average Bonchev–Trinajstić information content (AvgIpc) is 2.18. The van der Waals surface area contributed by atoms with Crippen LogP contribution < -0.4 is 10.6 Å². The molecule has 1 aliphatic heterocycles. The third-order valence-electron chi connectivity index (χ3n) is 2.50. The summed E-state index contributed by atoms with van der Waals surface area (Å²) in [6.45, 7) is 6.91.